The Labute approximate surface area is 146 Å². The number of para-hydroxylation sites is 1. The zero-order chi connectivity index (χ0) is 18.9. The predicted molar refractivity (Wildman–Crippen MR) is 93.4 cm³/mol. The van der Waals surface area contributed by atoms with Gasteiger partial charge in [-0.15, -0.1) is 0 Å². The van der Waals surface area contributed by atoms with Gasteiger partial charge >= 0.3 is 11.9 Å². The van der Waals surface area contributed by atoms with Crippen molar-refractivity contribution < 1.29 is 24.5 Å². The largest absolute Gasteiger partial charge is 0.496 e. The first-order valence-electron chi connectivity index (χ1n) is 7.81. The SMILES string of the molecule is COc1ccccc1C(C)(N)N1CCNCC1.O=C(O)C=CC(=O)O. The Morgan fingerprint density at radius 3 is 2.20 bits per heavy atom. The highest BCUT2D eigenvalue weighted by Crippen LogP contribution is 2.30. The summed E-state index contributed by atoms with van der Waals surface area (Å²) >= 11 is 0. The summed E-state index contributed by atoms with van der Waals surface area (Å²) in [4.78, 5) is 21.4. The molecule has 1 heterocycles. The molecule has 1 atom stereocenters. The van der Waals surface area contributed by atoms with E-state index in [1.165, 1.54) is 0 Å². The Bertz CT molecular complexity index is 594. The van der Waals surface area contributed by atoms with Crippen molar-refractivity contribution in [1.82, 2.24) is 10.2 Å². The van der Waals surface area contributed by atoms with Crippen molar-refractivity contribution in [3.8, 4) is 5.75 Å². The maximum atomic E-state index is 9.55. The number of nitrogens with two attached hydrogens (primary N) is 1. The fourth-order valence-electron chi connectivity index (χ4n) is 2.51. The van der Waals surface area contributed by atoms with E-state index in [0.29, 0.717) is 12.2 Å². The fourth-order valence-corrected chi connectivity index (χ4v) is 2.51. The molecule has 1 fully saturated rings. The molecule has 1 aliphatic heterocycles. The minimum Gasteiger partial charge on any atom is -0.496 e. The highest BCUT2D eigenvalue weighted by Gasteiger charge is 2.32. The van der Waals surface area contributed by atoms with Gasteiger partial charge in [0.05, 0.1) is 12.8 Å². The Hall–Kier alpha value is -2.42. The number of piperazine rings is 1. The third-order valence-corrected chi connectivity index (χ3v) is 3.79. The van der Waals surface area contributed by atoms with E-state index in [1.807, 2.05) is 24.3 Å². The molecular weight excluding hydrogens is 326 g/mol. The number of carbonyl (C=O) groups is 2. The molecule has 0 bridgehead atoms. The molecule has 8 heteroatoms. The van der Waals surface area contributed by atoms with E-state index in [4.69, 9.17) is 20.7 Å². The monoisotopic (exact) mass is 351 g/mol. The standard InChI is InChI=1S/C13H21N3O.C4H4O4/c1-13(14,16-9-7-15-8-10-16)11-5-3-4-6-12(11)17-2;5-3(6)1-2-4(7)8/h3-6,15H,7-10,14H2,1-2H3;1-2H,(H,5,6)(H,7,8). The van der Waals surface area contributed by atoms with Gasteiger partial charge in [-0.1, -0.05) is 18.2 Å². The van der Waals surface area contributed by atoms with Crippen LogP contribution in [0.15, 0.2) is 36.4 Å². The summed E-state index contributed by atoms with van der Waals surface area (Å²) in [5.74, 6) is -1.66. The number of rotatable bonds is 5. The molecule has 2 rings (SSSR count). The van der Waals surface area contributed by atoms with Crippen LogP contribution in [0.4, 0.5) is 0 Å². The van der Waals surface area contributed by atoms with Gasteiger partial charge in [0.2, 0.25) is 0 Å². The maximum Gasteiger partial charge on any atom is 0.328 e. The van der Waals surface area contributed by atoms with Gasteiger partial charge in [0.25, 0.3) is 0 Å². The number of methoxy groups -OCH3 is 1. The van der Waals surface area contributed by atoms with Crippen molar-refractivity contribution in [1.29, 1.82) is 0 Å². The Balaban J connectivity index is 0.000000333. The van der Waals surface area contributed by atoms with Crippen molar-refractivity contribution in [2.24, 2.45) is 5.73 Å². The van der Waals surface area contributed by atoms with Crippen LogP contribution in [0.1, 0.15) is 12.5 Å². The molecule has 0 spiro atoms. The molecule has 0 aliphatic carbocycles. The van der Waals surface area contributed by atoms with Gasteiger partial charge in [0.15, 0.2) is 0 Å². The van der Waals surface area contributed by atoms with Crippen LogP contribution in [-0.4, -0.2) is 60.3 Å². The van der Waals surface area contributed by atoms with Gasteiger partial charge in [0.1, 0.15) is 5.75 Å². The molecule has 5 N–H and O–H groups in total. The minimum absolute atomic E-state index is 0.477. The first-order chi connectivity index (χ1) is 11.8. The average molecular weight is 351 g/mol. The van der Waals surface area contributed by atoms with E-state index in [2.05, 4.69) is 17.1 Å². The minimum atomic E-state index is -1.26. The van der Waals surface area contributed by atoms with E-state index in [1.54, 1.807) is 7.11 Å². The smallest absolute Gasteiger partial charge is 0.328 e. The molecule has 0 radical (unpaired) electrons. The van der Waals surface area contributed by atoms with Gasteiger partial charge in [-0.25, -0.2) is 9.59 Å². The van der Waals surface area contributed by atoms with E-state index in [0.717, 1.165) is 37.5 Å². The zero-order valence-corrected chi connectivity index (χ0v) is 14.4. The molecule has 138 valence electrons. The van der Waals surface area contributed by atoms with Crippen LogP contribution >= 0.6 is 0 Å². The summed E-state index contributed by atoms with van der Waals surface area (Å²) in [6.07, 6.45) is 1.12. The number of hydrogen-bond donors (Lipinski definition) is 4. The molecule has 1 aromatic rings. The van der Waals surface area contributed by atoms with E-state index in [9.17, 15) is 9.59 Å². The number of nitrogens with zero attached hydrogens (tertiary/aromatic N) is 1. The van der Waals surface area contributed by atoms with Gasteiger partial charge < -0.3 is 26.0 Å². The molecule has 1 saturated heterocycles. The van der Waals surface area contributed by atoms with Crippen molar-refractivity contribution >= 4 is 11.9 Å². The second kappa shape index (κ2) is 9.77. The second-order valence-corrected chi connectivity index (χ2v) is 5.59. The Morgan fingerprint density at radius 2 is 1.72 bits per heavy atom. The summed E-state index contributed by atoms with van der Waals surface area (Å²) in [6.45, 7) is 5.95. The Morgan fingerprint density at radius 1 is 1.20 bits per heavy atom. The summed E-state index contributed by atoms with van der Waals surface area (Å²) in [5.41, 5.74) is 7.08. The number of benzene rings is 1. The molecule has 1 unspecified atom stereocenters. The summed E-state index contributed by atoms with van der Waals surface area (Å²) in [5, 5.41) is 19.0. The molecule has 0 aromatic heterocycles. The summed E-state index contributed by atoms with van der Waals surface area (Å²) < 4.78 is 5.40. The molecule has 1 aliphatic rings. The van der Waals surface area contributed by atoms with E-state index >= 15 is 0 Å². The summed E-state index contributed by atoms with van der Waals surface area (Å²) in [6, 6.07) is 7.98. The van der Waals surface area contributed by atoms with Crippen LogP contribution in [0, 0.1) is 0 Å². The van der Waals surface area contributed by atoms with Gasteiger partial charge in [-0.2, -0.15) is 0 Å². The normalized spacial score (nSPS) is 17.2. The zero-order valence-electron chi connectivity index (χ0n) is 14.4. The molecule has 0 saturated carbocycles. The highest BCUT2D eigenvalue weighted by atomic mass is 16.5. The van der Waals surface area contributed by atoms with Crippen LogP contribution in [0.2, 0.25) is 0 Å². The molecular formula is C17H25N3O5. The number of ether oxygens (including phenoxy) is 1. The molecule has 1 aromatic carbocycles. The van der Waals surface area contributed by atoms with E-state index < -0.39 is 17.6 Å². The lowest BCUT2D eigenvalue weighted by Gasteiger charge is -2.41. The van der Waals surface area contributed by atoms with Crippen LogP contribution in [0.25, 0.3) is 0 Å². The second-order valence-electron chi connectivity index (χ2n) is 5.59. The summed E-state index contributed by atoms with van der Waals surface area (Å²) in [7, 11) is 1.69. The molecule has 8 nitrogen and oxygen atoms in total. The number of carboxylic acid groups (broad SMARTS) is 2. The Kier molecular flexibility index (Phi) is 8.06. The van der Waals surface area contributed by atoms with Crippen molar-refractivity contribution in [3.63, 3.8) is 0 Å². The number of hydrogen-bond acceptors (Lipinski definition) is 6. The fraction of sp³-hybridized carbons (Fsp3) is 0.412. The number of nitrogens with one attached hydrogen (secondary N) is 1. The van der Waals surface area contributed by atoms with Crippen LogP contribution in [-0.2, 0) is 15.3 Å². The molecule has 0 amide bonds. The lowest BCUT2D eigenvalue weighted by molar-refractivity contribution is -0.134. The van der Waals surface area contributed by atoms with Crippen LogP contribution in [0.5, 0.6) is 5.75 Å². The van der Waals surface area contributed by atoms with Gasteiger partial charge in [-0.3, -0.25) is 4.90 Å². The lowest BCUT2D eigenvalue weighted by Crippen LogP contribution is -2.57. The van der Waals surface area contributed by atoms with Crippen LogP contribution in [0.3, 0.4) is 0 Å². The number of aliphatic carboxylic acids is 2. The highest BCUT2D eigenvalue weighted by molar-refractivity contribution is 5.89. The van der Waals surface area contributed by atoms with Crippen LogP contribution < -0.4 is 15.8 Å². The van der Waals surface area contributed by atoms with E-state index in [-0.39, 0.29) is 0 Å². The molecule has 25 heavy (non-hydrogen) atoms. The van der Waals surface area contributed by atoms with Gasteiger partial charge in [0, 0.05) is 43.9 Å². The van der Waals surface area contributed by atoms with Crippen molar-refractivity contribution in [2.75, 3.05) is 33.3 Å². The van der Waals surface area contributed by atoms with Gasteiger partial charge in [-0.05, 0) is 13.0 Å². The first kappa shape index (κ1) is 20.6. The third-order valence-electron chi connectivity index (χ3n) is 3.79. The third kappa shape index (κ3) is 6.54. The average Bonchev–Trinajstić information content (AvgIpc) is 2.61. The quantitative estimate of drug-likeness (QED) is 0.563. The number of carboxylic acids is 2. The lowest BCUT2D eigenvalue weighted by atomic mass is 9.98. The maximum absolute atomic E-state index is 9.55. The van der Waals surface area contributed by atoms with Crippen molar-refractivity contribution in [2.45, 2.75) is 12.6 Å². The van der Waals surface area contributed by atoms with Crippen molar-refractivity contribution in [3.05, 3.63) is 42.0 Å². The predicted octanol–water partition coefficient (Wildman–Crippen LogP) is 0.444. The first-order valence-corrected chi connectivity index (χ1v) is 7.81. The topological polar surface area (TPSA) is 125 Å².